The molecule has 2 aliphatic rings. The van der Waals surface area contributed by atoms with Crippen molar-refractivity contribution in [2.24, 2.45) is 0 Å². The molecule has 0 aromatic heterocycles. The molecule has 1 saturated heterocycles. The molecular weight excluding hydrogens is 420 g/mol. The highest BCUT2D eigenvalue weighted by Crippen LogP contribution is 2.32. The van der Waals surface area contributed by atoms with E-state index in [9.17, 15) is 18.0 Å². The van der Waals surface area contributed by atoms with E-state index in [1.165, 1.54) is 12.1 Å². The van der Waals surface area contributed by atoms with Crippen LogP contribution < -0.4 is 14.2 Å². The van der Waals surface area contributed by atoms with Gasteiger partial charge in [-0.2, -0.15) is 4.72 Å². The minimum atomic E-state index is -4.01. The highest BCUT2D eigenvalue weighted by Gasteiger charge is 2.32. The van der Waals surface area contributed by atoms with Crippen LogP contribution in [0.1, 0.15) is 18.4 Å². The van der Waals surface area contributed by atoms with Gasteiger partial charge in [0.2, 0.25) is 15.9 Å². The quantitative estimate of drug-likeness (QED) is 0.725. The van der Waals surface area contributed by atoms with Crippen molar-refractivity contribution in [2.45, 2.75) is 30.2 Å². The number of nitrogens with one attached hydrogen (secondary N) is 1. The van der Waals surface area contributed by atoms with Gasteiger partial charge >= 0.3 is 0 Å². The Kier molecular flexibility index (Phi) is 6.24. The van der Waals surface area contributed by atoms with Crippen LogP contribution in [0.5, 0.6) is 11.5 Å². The number of carbonyl (C=O) groups is 2. The third kappa shape index (κ3) is 5.05. The highest BCUT2D eigenvalue weighted by molar-refractivity contribution is 7.89. The van der Waals surface area contributed by atoms with Crippen molar-refractivity contribution in [2.75, 3.05) is 26.3 Å². The first-order valence-electron chi connectivity index (χ1n) is 10.2. The Balaban J connectivity index is 1.58. The molecule has 31 heavy (non-hydrogen) atoms. The first kappa shape index (κ1) is 21.3. The number of ketones is 1. The van der Waals surface area contributed by atoms with Crippen LogP contribution >= 0.6 is 0 Å². The van der Waals surface area contributed by atoms with E-state index in [1.54, 1.807) is 11.0 Å². The monoisotopic (exact) mass is 444 g/mol. The maximum absolute atomic E-state index is 13.2. The molecule has 0 spiro atoms. The Hall–Kier alpha value is -2.91. The SMILES string of the molecule is O=C1CCN(C(=O)C(Cc2ccccc2)NS(=O)(=O)c2ccc3c(c2)OCCO3)CC1. The Labute approximate surface area is 181 Å². The third-order valence-electron chi connectivity index (χ3n) is 5.33. The fraction of sp³-hybridized carbons (Fsp3) is 0.364. The molecule has 0 radical (unpaired) electrons. The molecule has 1 fully saturated rings. The topological polar surface area (TPSA) is 102 Å². The highest BCUT2D eigenvalue weighted by atomic mass is 32.2. The van der Waals surface area contributed by atoms with E-state index >= 15 is 0 Å². The van der Waals surface area contributed by atoms with Crippen molar-refractivity contribution in [3.8, 4) is 11.5 Å². The van der Waals surface area contributed by atoms with Crippen LogP contribution in [0.15, 0.2) is 53.4 Å². The van der Waals surface area contributed by atoms with Crippen molar-refractivity contribution in [3.05, 3.63) is 54.1 Å². The minimum Gasteiger partial charge on any atom is -0.486 e. The van der Waals surface area contributed by atoms with Crippen LogP contribution in [0.25, 0.3) is 0 Å². The number of likely N-dealkylation sites (tertiary alicyclic amines) is 1. The predicted octanol–water partition coefficient (Wildman–Crippen LogP) is 1.54. The predicted molar refractivity (Wildman–Crippen MR) is 113 cm³/mol. The summed E-state index contributed by atoms with van der Waals surface area (Å²) in [4.78, 5) is 26.3. The number of hydrogen-bond acceptors (Lipinski definition) is 6. The van der Waals surface area contributed by atoms with Crippen molar-refractivity contribution in [1.29, 1.82) is 0 Å². The van der Waals surface area contributed by atoms with Crippen LogP contribution in [-0.4, -0.2) is 57.4 Å². The number of benzene rings is 2. The molecule has 0 bridgehead atoms. The van der Waals surface area contributed by atoms with Gasteiger partial charge in [0.05, 0.1) is 4.90 Å². The largest absolute Gasteiger partial charge is 0.486 e. The van der Waals surface area contributed by atoms with Gasteiger partial charge in [-0.3, -0.25) is 9.59 Å². The minimum absolute atomic E-state index is 0.00330. The van der Waals surface area contributed by atoms with E-state index in [0.29, 0.717) is 50.6 Å². The number of fused-ring (bicyclic) bond motifs is 1. The number of ether oxygens (including phenoxy) is 2. The van der Waals surface area contributed by atoms with E-state index in [0.717, 1.165) is 5.56 Å². The molecule has 0 saturated carbocycles. The van der Waals surface area contributed by atoms with E-state index < -0.39 is 16.1 Å². The molecule has 1 unspecified atom stereocenters. The maximum Gasteiger partial charge on any atom is 0.241 e. The molecule has 2 aliphatic heterocycles. The lowest BCUT2D eigenvalue weighted by Gasteiger charge is -2.30. The molecular formula is C22H24N2O6S. The van der Waals surface area contributed by atoms with E-state index in [1.807, 2.05) is 30.3 Å². The molecule has 2 aromatic carbocycles. The fourth-order valence-electron chi connectivity index (χ4n) is 3.67. The van der Waals surface area contributed by atoms with Gasteiger partial charge in [0.15, 0.2) is 11.5 Å². The van der Waals surface area contributed by atoms with E-state index in [2.05, 4.69) is 4.72 Å². The lowest BCUT2D eigenvalue weighted by molar-refractivity contribution is -0.136. The van der Waals surface area contributed by atoms with Crippen molar-refractivity contribution in [1.82, 2.24) is 9.62 Å². The summed E-state index contributed by atoms with van der Waals surface area (Å²) in [5, 5.41) is 0. The summed E-state index contributed by atoms with van der Waals surface area (Å²) in [6, 6.07) is 12.6. The zero-order valence-electron chi connectivity index (χ0n) is 17.0. The number of amides is 1. The fourth-order valence-corrected chi connectivity index (χ4v) is 4.88. The van der Waals surface area contributed by atoms with Gasteiger partial charge in [-0.05, 0) is 24.1 Å². The van der Waals surface area contributed by atoms with Gasteiger partial charge in [0.25, 0.3) is 0 Å². The average Bonchev–Trinajstić information content (AvgIpc) is 2.79. The van der Waals surface area contributed by atoms with Crippen molar-refractivity contribution in [3.63, 3.8) is 0 Å². The lowest BCUT2D eigenvalue weighted by atomic mass is 10.0. The Morgan fingerprint density at radius 2 is 1.68 bits per heavy atom. The van der Waals surface area contributed by atoms with Crippen LogP contribution in [0.3, 0.4) is 0 Å². The third-order valence-corrected chi connectivity index (χ3v) is 6.80. The summed E-state index contributed by atoms with van der Waals surface area (Å²) in [7, 11) is -4.01. The normalized spacial score (nSPS) is 17.3. The number of hydrogen-bond donors (Lipinski definition) is 1. The Bertz CT molecular complexity index is 1060. The number of nitrogens with zero attached hydrogens (tertiary/aromatic N) is 1. The molecule has 1 amide bonds. The number of carbonyl (C=O) groups excluding carboxylic acids is 2. The summed E-state index contributed by atoms with van der Waals surface area (Å²) in [5.41, 5.74) is 0.832. The summed E-state index contributed by atoms with van der Waals surface area (Å²) in [5.74, 6) is 0.618. The Morgan fingerprint density at radius 1 is 1.00 bits per heavy atom. The zero-order chi connectivity index (χ0) is 21.8. The second kappa shape index (κ2) is 9.07. The van der Waals surface area contributed by atoms with Crippen LogP contribution in [0.4, 0.5) is 0 Å². The molecule has 0 aliphatic carbocycles. The summed E-state index contributed by atoms with van der Waals surface area (Å²) >= 11 is 0. The number of piperidine rings is 1. The lowest BCUT2D eigenvalue weighted by Crippen LogP contribution is -2.51. The molecule has 8 nitrogen and oxygen atoms in total. The van der Waals surface area contributed by atoms with E-state index in [-0.39, 0.29) is 23.0 Å². The second-order valence-corrected chi connectivity index (χ2v) is 9.25. The molecule has 9 heteroatoms. The standard InChI is InChI=1S/C22H24N2O6S/c25-17-8-10-24(11-9-17)22(26)19(14-16-4-2-1-3-5-16)23-31(27,28)18-6-7-20-21(15-18)30-13-12-29-20/h1-7,15,19,23H,8-14H2. The van der Waals surface area contributed by atoms with Crippen LogP contribution in [-0.2, 0) is 26.0 Å². The zero-order valence-corrected chi connectivity index (χ0v) is 17.8. The van der Waals surface area contributed by atoms with Crippen molar-refractivity contribution < 1.29 is 27.5 Å². The second-order valence-electron chi connectivity index (χ2n) is 7.53. The number of Topliss-reactive ketones (excluding diaryl/α,β-unsaturated/α-hetero) is 1. The van der Waals surface area contributed by atoms with E-state index in [4.69, 9.17) is 9.47 Å². The van der Waals surface area contributed by atoms with Gasteiger partial charge in [-0.15, -0.1) is 0 Å². The number of rotatable bonds is 6. The number of sulfonamides is 1. The van der Waals surface area contributed by atoms with Crippen LogP contribution in [0.2, 0.25) is 0 Å². The van der Waals surface area contributed by atoms with Crippen molar-refractivity contribution >= 4 is 21.7 Å². The molecule has 2 aromatic rings. The summed E-state index contributed by atoms with van der Waals surface area (Å²) < 4.78 is 39.8. The molecule has 164 valence electrons. The Morgan fingerprint density at radius 3 is 2.39 bits per heavy atom. The first-order valence-corrected chi connectivity index (χ1v) is 11.7. The van der Waals surface area contributed by atoms with Gasteiger partial charge in [-0.1, -0.05) is 30.3 Å². The van der Waals surface area contributed by atoms with Gasteiger partial charge in [-0.25, -0.2) is 8.42 Å². The smallest absolute Gasteiger partial charge is 0.241 e. The molecule has 1 atom stereocenters. The molecule has 4 rings (SSSR count). The molecule has 2 heterocycles. The summed E-state index contributed by atoms with van der Waals surface area (Å²) in [6.45, 7) is 1.35. The van der Waals surface area contributed by atoms with Gasteiger partial charge in [0, 0.05) is 32.0 Å². The van der Waals surface area contributed by atoms with Gasteiger partial charge < -0.3 is 14.4 Å². The average molecular weight is 445 g/mol. The van der Waals surface area contributed by atoms with Gasteiger partial charge in [0.1, 0.15) is 25.0 Å². The first-order chi connectivity index (χ1) is 14.9. The summed E-state index contributed by atoms with van der Waals surface area (Å²) in [6.07, 6.45) is 0.783. The van der Waals surface area contributed by atoms with Crippen LogP contribution in [0, 0.1) is 0 Å². The maximum atomic E-state index is 13.2. The molecule has 1 N–H and O–H groups in total.